The zero-order valence-electron chi connectivity index (χ0n) is 11.0. The van der Waals surface area contributed by atoms with Gasteiger partial charge in [0, 0.05) is 13.1 Å². The maximum atomic E-state index is 5.79. The number of methoxy groups -OCH3 is 1. The SMILES string of the molecule is CNc1nc(Oc2cccc(OC)c2)c2[nH]cnc2n1. The molecule has 20 heavy (non-hydrogen) atoms. The van der Waals surface area contributed by atoms with E-state index in [2.05, 4.69) is 25.3 Å². The summed E-state index contributed by atoms with van der Waals surface area (Å²) < 4.78 is 11.0. The minimum Gasteiger partial charge on any atom is -0.497 e. The lowest BCUT2D eigenvalue weighted by atomic mass is 10.3. The van der Waals surface area contributed by atoms with Crippen LogP contribution in [0.1, 0.15) is 0 Å². The Morgan fingerprint density at radius 2 is 2.05 bits per heavy atom. The molecule has 0 fully saturated rings. The second kappa shape index (κ2) is 5.04. The Morgan fingerprint density at radius 3 is 2.85 bits per heavy atom. The third-order valence-corrected chi connectivity index (χ3v) is 2.73. The number of imidazole rings is 1. The van der Waals surface area contributed by atoms with Crippen LogP contribution in [-0.4, -0.2) is 34.1 Å². The van der Waals surface area contributed by atoms with E-state index < -0.39 is 0 Å². The number of nitrogens with one attached hydrogen (secondary N) is 2. The Kier molecular flexibility index (Phi) is 3.08. The Hall–Kier alpha value is -2.83. The number of fused-ring (bicyclic) bond motifs is 1. The molecule has 3 aromatic rings. The molecule has 0 spiro atoms. The van der Waals surface area contributed by atoms with E-state index in [9.17, 15) is 0 Å². The van der Waals surface area contributed by atoms with Crippen molar-refractivity contribution in [1.29, 1.82) is 0 Å². The summed E-state index contributed by atoms with van der Waals surface area (Å²) >= 11 is 0. The number of nitrogens with zero attached hydrogens (tertiary/aromatic N) is 3. The van der Waals surface area contributed by atoms with Gasteiger partial charge in [-0.3, -0.25) is 0 Å². The van der Waals surface area contributed by atoms with Gasteiger partial charge in [-0.2, -0.15) is 9.97 Å². The van der Waals surface area contributed by atoms with Crippen molar-refractivity contribution in [3.05, 3.63) is 30.6 Å². The monoisotopic (exact) mass is 271 g/mol. The number of hydrogen-bond donors (Lipinski definition) is 2. The molecule has 0 saturated heterocycles. The topological polar surface area (TPSA) is 85.0 Å². The van der Waals surface area contributed by atoms with Crippen molar-refractivity contribution < 1.29 is 9.47 Å². The molecule has 7 heteroatoms. The molecule has 102 valence electrons. The Bertz CT molecular complexity index is 740. The van der Waals surface area contributed by atoms with Crippen LogP contribution in [0.2, 0.25) is 0 Å². The molecule has 0 radical (unpaired) electrons. The maximum Gasteiger partial charge on any atom is 0.250 e. The molecular weight excluding hydrogens is 258 g/mol. The Morgan fingerprint density at radius 1 is 1.20 bits per heavy atom. The van der Waals surface area contributed by atoms with Crippen molar-refractivity contribution in [2.24, 2.45) is 0 Å². The number of benzene rings is 1. The number of aromatic amines is 1. The summed E-state index contributed by atoms with van der Waals surface area (Å²) in [6.07, 6.45) is 1.55. The van der Waals surface area contributed by atoms with Crippen molar-refractivity contribution in [3.63, 3.8) is 0 Å². The maximum absolute atomic E-state index is 5.79. The van der Waals surface area contributed by atoms with Gasteiger partial charge in [-0.25, -0.2) is 4.98 Å². The molecule has 3 rings (SSSR count). The predicted molar refractivity (Wildman–Crippen MR) is 74.3 cm³/mol. The average Bonchev–Trinajstić information content (AvgIpc) is 2.96. The van der Waals surface area contributed by atoms with Crippen LogP contribution in [-0.2, 0) is 0 Å². The van der Waals surface area contributed by atoms with Crippen LogP contribution in [0, 0.1) is 0 Å². The Balaban J connectivity index is 2.02. The van der Waals surface area contributed by atoms with Crippen LogP contribution in [0.4, 0.5) is 5.95 Å². The van der Waals surface area contributed by atoms with Crippen LogP contribution >= 0.6 is 0 Å². The van der Waals surface area contributed by atoms with Crippen molar-refractivity contribution in [3.8, 4) is 17.4 Å². The zero-order valence-corrected chi connectivity index (χ0v) is 11.0. The highest BCUT2D eigenvalue weighted by atomic mass is 16.5. The van der Waals surface area contributed by atoms with Gasteiger partial charge >= 0.3 is 0 Å². The summed E-state index contributed by atoms with van der Waals surface area (Å²) in [5.74, 6) is 2.19. The number of ether oxygens (including phenoxy) is 2. The largest absolute Gasteiger partial charge is 0.497 e. The lowest BCUT2D eigenvalue weighted by Gasteiger charge is -2.08. The number of anilines is 1. The van der Waals surface area contributed by atoms with Gasteiger partial charge in [-0.15, -0.1) is 0 Å². The van der Waals surface area contributed by atoms with E-state index in [1.165, 1.54) is 0 Å². The Labute approximate surface area is 115 Å². The molecular formula is C13H13N5O2. The van der Waals surface area contributed by atoms with Crippen LogP contribution in [0.15, 0.2) is 30.6 Å². The first-order valence-corrected chi connectivity index (χ1v) is 6.01. The van der Waals surface area contributed by atoms with Gasteiger partial charge in [0.05, 0.1) is 13.4 Å². The summed E-state index contributed by atoms with van der Waals surface area (Å²) in [7, 11) is 3.35. The molecule has 0 bridgehead atoms. The normalized spacial score (nSPS) is 10.5. The molecule has 1 aromatic carbocycles. The second-order valence-electron chi connectivity index (χ2n) is 3.98. The third kappa shape index (κ3) is 2.20. The van der Waals surface area contributed by atoms with Gasteiger partial charge < -0.3 is 19.8 Å². The highest BCUT2D eigenvalue weighted by molar-refractivity contribution is 5.77. The van der Waals surface area contributed by atoms with Crippen LogP contribution in [0.5, 0.6) is 17.4 Å². The third-order valence-electron chi connectivity index (χ3n) is 2.73. The van der Waals surface area contributed by atoms with E-state index in [1.807, 2.05) is 18.2 Å². The summed E-state index contributed by atoms with van der Waals surface area (Å²) in [4.78, 5) is 15.6. The molecule has 2 heterocycles. The lowest BCUT2D eigenvalue weighted by Crippen LogP contribution is -1.99. The van der Waals surface area contributed by atoms with Crippen molar-refractivity contribution in [2.45, 2.75) is 0 Å². The summed E-state index contributed by atoms with van der Waals surface area (Å²) in [6, 6.07) is 7.30. The molecule has 0 aliphatic carbocycles. The molecule has 0 atom stereocenters. The fourth-order valence-corrected chi connectivity index (χ4v) is 1.77. The standard InChI is InChI=1S/C13H13N5O2/c1-14-13-17-11-10(15-7-16-11)12(18-13)20-9-5-3-4-8(6-9)19-2/h3-7H,1-2H3,(H2,14,15,16,17,18). The lowest BCUT2D eigenvalue weighted by molar-refractivity contribution is 0.408. The quantitative estimate of drug-likeness (QED) is 0.756. The number of aromatic nitrogens is 4. The molecule has 0 unspecified atom stereocenters. The predicted octanol–water partition coefficient (Wildman–Crippen LogP) is 2.20. The summed E-state index contributed by atoms with van der Waals surface area (Å²) in [6.45, 7) is 0. The first-order chi connectivity index (χ1) is 9.80. The minimum absolute atomic E-state index is 0.408. The van der Waals surface area contributed by atoms with E-state index in [0.29, 0.717) is 34.5 Å². The first-order valence-electron chi connectivity index (χ1n) is 6.01. The first kappa shape index (κ1) is 12.2. The smallest absolute Gasteiger partial charge is 0.250 e. The molecule has 7 nitrogen and oxygen atoms in total. The van der Waals surface area contributed by atoms with Gasteiger partial charge in [0.25, 0.3) is 5.88 Å². The molecule has 0 saturated carbocycles. The van der Waals surface area contributed by atoms with Gasteiger partial charge in [-0.05, 0) is 12.1 Å². The zero-order chi connectivity index (χ0) is 13.9. The van der Waals surface area contributed by atoms with E-state index >= 15 is 0 Å². The molecule has 0 aliphatic heterocycles. The van der Waals surface area contributed by atoms with E-state index in [4.69, 9.17) is 9.47 Å². The summed E-state index contributed by atoms with van der Waals surface area (Å²) in [5.41, 5.74) is 1.19. The summed E-state index contributed by atoms with van der Waals surface area (Å²) in [5, 5.41) is 2.88. The van der Waals surface area contributed by atoms with Crippen LogP contribution in [0.3, 0.4) is 0 Å². The molecule has 2 aromatic heterocycles. The average molecular weight is 271 g/mol. The van der Waals surface area contributed by atoms with E-state index in [1.54, 1.807) is 26.6 Å². The fraction of sp³-hybridized carbons (Fsp3) is 0.154. The molecule has 2 N–H and O–H groups in total. The van der Waals surface area contributed by atoms with Gasteiger partial charge in [0.2, 0.25) is 5.95 Å². The van der Waals surface area contributed by atoms with Crippen LogP contribution < -0.4 is 14.8 Å². The highest BCUT2D eigenvalue weighted by Gasteiger charge is 2.11. The highest BCUT2D eigenvalue weighted by Crippen LogP contribution is 2.28. The van der Waals surface area contributed by atoms with E-state index in [0.717, 1.165) is 0 Å². The second-order valence-corrected chi connectivity index (χ2v) is 3.98. The van der Waals surface area contributed by atoms with Crippen molar-refractivity contribution in [1.82, 2.24) is 19.9 Å². The molecule has 0 aliphatic rings. The van der Waals surface area contributed by atoms with Crippen molar-refractivity contribution in [2.75, 3.05) is 19.5 Å². The van der Waals surface area contributed by atoms with E-state index in [-0.39, 0.29) is 0 Å². The number of rotatable bonds is 4. The van der Waals surface area contributed by atoms with Crippen LogP contribution in [0.25, 0.3) is 11.2 Å². The van der Waals surface area contributed by atoms with Crippen molar-refractivity contribution >= 4 is 17.1 Å². The van der Waals surface area contributed by atoms with Gasteiger partial charge in [-0.1, -0.05) is 6.07 Å². The molecule has 0 amide bonds. The van der Waals surface area contributed by atoms with Gasteiger partial charge in [0.15, 0.2) is 5.65 Å². The number of H-pyrrole nitrogens is 1. The fourth-order valence-electron chi connectivity index (χ4n) is 1.77. The number of hydrogen-bond acceptors (Lipinski definition) is 6. The minimum atomic E-state index is 0.408. The van der Waals surface area contributed by atoms with Gasteiger partial charge in [0.1, 0.15) is 17.0 Å².